The number of carbonyl (C=O) groups is 4. The molecule has 5 heterocycles. The number of ether oxygens (including phenoxy) is 3. The second-order valence-electron chi connectivity index (χ2n) is 24.8. The van der Waals surface area contributed by atoms with E-state index in [1.165, 1.54) is 22.3 Å². The van der Waals surface area contributed by atoms with Crippen molar-refractivity contribution in [3.63, 3.8) is 0 Å². The summed E-state index contributed by atoms with van der Waals surface area (Å²) in [5, 5.41) is 28.5. The van der Waals surface area contributed by atoms with Crippen LogP contribution in [0.4, 0.5) is 0 Å². The third kappa shape index (κ3) is 23.8. The first-order valence-electron chi connectivity index (χ1n) is 34.2. The van der Waals surface area contributed by atoms with Crippen molar-refractivity contribution < 1.29 is 38.5 Å². The molecule has 8 aromatic rings. The fourth-order valence-corrected chi connectivity index (χ4v) is 12.3. The smallest absolute Gasteiger partial charge is 0.225 e. The number of hydrogen-bond acceptors (Lipinski definition) is 12. The molecule has 4 amide bonds. The van der Waals surface area contributed by atoms with Gasteiger partial charge in [-0.05, 0) is 174 Å². The zero-order valence-electron chi connectivity index (χ0n) is 54.5. The number of piperidine rings is 2. The summed E-state index contributed by atoms with van der Waals surface area (Å²) >= 11 is 0. The van der Waals surface area contributed by atoms with E-state index < -0.39 is 17.9 Å². The van der Waals surface area contributed by atoms with E-state index in [1.54, 1.807) is 12.4 Å². The summed E-state index contributed by atoms with van der Waals surface area (Å²) in [6.45, 7) is 6.84. The van der Waals surface area contributed by atoms with Crippen molar-refractivity contribution in [1.82, 2.24) is 41.5 Å². The van der Waals surface area contributed by atoms with Crippen LogP contribution in [-0.2, 0) is 49.6 Å². The lowest BCUT2D eigenvalue weighted by atomic mass is 9.83. The van der Waals surface area contributed by atoms with Gasteiger partial charge >= 0.3 is 0 Å². The molecule has 6 N–H and O–H groups in total. The number of nitrogens with one attached hydrogen (secondary N) is 5. The quantitative estimate of drug-likeness (QED) is 0.0172. The lowest BCUT2D eigenvalue weighted by Crippen LogP contribution is -2.53. The lowest BCUT2D eigenvalue weighted by Gasteiger charge is -2.37. The summed E-state index contributed by atoms with van der Waals surface area (Å²) in [6.07, 6.45) is 16.0. The fraction of sp³-hybridized carbons (Fsp3) is 0.410. The Morgan fingerprint density at radius 3 is 1.35 bits per heavy atom. The molecule has 0 saturated carbocycles. The summed E-state index contributed by atoms with van der Waals surface area (Å²) in [5.41, 5.74) is 7.06. The van der Waals surface area contributed by atoms with Crippen molar-refractivity contribution >= 4 is 45.4 Å². The van der Waals surface area contributed by atoms with Crippen molar-refractivity contribution in [2.24, 2.45) is 23.7 Å². The van der Waals surface area contributed by atoms with Crippen LogP contribution in [0.5, 0.6) is 11.5 Å². The van der Waals surface area contributed by atoms with Gasteiger partial charge in [0.2, 0.25) is 23.6 Å². The molecule has 0 spiro atoms. The van der Waals surface area contributed by atoms with Crippen LogP contribution in [0.1, 0.15) is 86.5 Å². The van der Waals surface area contributed by atoms with Crippen molar-refractivity contribution in [1.29, 1.82) is 0 Å². The average molecular weight is 1270 g/mol. The summed E-state index contributed by atoms with van der Waals surface area (Å²) in [6, 6.07) is 60.9. The number of epoxide rings is 1. The molecular weight excluding hydrogens is 1180 g/mol. The number of carbonyl (C=O) groups excluding carboxylic acids is 4. The number of pyridine rings is 2. The Kier molecular flexibility index (Phi) is 29.1. The predicted molar refractivity (Wildman–Crippen MR) is 372 cm³/mol. The Balaban J connectivity index is 0.000000189. The van der Waals surface area contributed by atoms with E-state index in [4.69, 9.17) is 14.2 Å². The molecule has 3 aliphatic heterocycles. The average Bonchev–Trinajstić information content (AvgIpc) is 1.69. The molecule has 3 fully saturated rings. The van der Waals surface area contributed by atoms with Crippen LogP contribution < -0.4 is 36.1 Å². The van der Waals surface area contributed by atoms with Crippen LogP contribution in [0.3, 0.4) is 0 Å². The van der Waals surface area contributed by atoms with Crippen LogP contribution in [0.2, 0.25) is 0 Å². The van der Waals surface area contributed by atoms with Crippen LogP contribution in [-0.4, -0.2) is 135 Å². The molecule has 6 aromatic carbocycles. The number of likely N-dealkylation sites (tertiary alicyclic amines) is 1. The fourth-order valence-electron chi connectivity index (χ4n) is 12.3. The third-order valence-corrected chi connectivity index (χ3v) is 17.6. The molecule has 0 bridgehead atoms. The number of aliphatic hydroxyl groups excluding tert-OH is 1. The highest BCUT2D eigenvalue weighted by Crippen LogP contribution is 2.28. The molecule has 1 unspecified atom stereocenters. The van der Waals surface area contributed by atoms with Crippen molar-refractivity contribution in [2.45, 2.75) is 102 Å². The first-order chi connectivity index (χ1) is 46.2. The van der Waals surface area contributed by atoms with Gasteiger partial charge in [-0.2, -0.15) is 0 Å². The largest absolute Gasteiger partial charge is 0.490 e. The molecule has 16 nitrogen and oxygen atoms in total. The van der Waals surface area contributed by atoms with Crippen molar-refractivity contribution in [2.75, 3.05) is 78.7 Å². The molecule has 6 atom stereocenters. The van der Waals surface area contributed by atoms with Gasteiger partial charge in [0.15, 0.2) is 0 Å². The Labute approximate surface area is 555 Å². The predicted octanol–water partition coefficient (Wildman–Crippen LogP) is 10.7. The number of fused-ring (bicyclic) bond motifs is 2. The maximum atomic E-state index is 13.5. The molecule has 0 aliphatic carbocycles. The van der Waals surface area contributed by atoms with Crippen LogP contribution in [0.25, 0.3) is 21.8 Å². The van der Waals surface area contributed by atoms with Crippen molar-refractivity contribution in [3.8, 4) is 11.5 Å². The van der Waals surface area contributed by atoms with Gasteiger partial charge in [-0.1, -0.05) is 133 Å². The molecule has 2 aromatic heterocycles. The lowest BCUT2D eigenvalue weighted by molar-refractivity contribution is -0.138. The van der Waals surface area contributed by atoms with E-state index in [0.29, 0.717) is 77.6 Å². The van der Waals surface area contributed by atoms with Crippen molar-refractivity contribution in [3.05, 3.63) is 217 Å². The third-order valence-electron chi connectivity index (χ3n) is 17.6. The minimum Gasteiger partial charge on any atom is -0.490 e. The monoisotopic (exact) mass is 1270 g/mol. The number of aromatic nitrogens is 2. The Bertz CT molecular complexity index is 3430. The Morgan fingerprint density at radius 2 is 0.904 bits per heavy atom. The Morgan fingerprint density at radius 1 is 0.489 bits per heavy atom. The van der Waals surface area contributed by atoms with E-state index in [-0.39, 0.29) is 48.2 Å². The number of nitrogens with zero attached hydrogens (tertiary/aromatic N) is 3. The maximum absolute atomic E-state index is 13.5. The summed E-state index contributed by atoms with van der Waals surface area (Å²) in [4.78, 5) is 63.2. The summed E-state index contributed by atoms with van der Waals surface area (Å²) in [7, 11) is 0. The van der Waals surface area contributed by atoms with Crippen LogP contribution >= 0.6 is 0 Å². The van der Waals surface area contributed by atoms with Gasteiger partial charge in [0, 0.05) is 69.0 Å². The highest BCUT2D eigenvalue weighted by Gasteiger charge is 2.39. The summed E-state index contributed by atoms with van der Waals surface area (Å²) in [5.74, 6) is 0.0262. The molecule has 0 radical (unpaired) electrons. The molecule has 3 saturated heterocycles. The summed E-state index contributed by atoms with van der Waals surface area (Å²) < 4.78 is 16.8. The van der Waals surface area contributed by atoms with Crippen LogP contribution in [0, 0.1) is 23.7 Å². The first kappa shape index (κ1) is 69.8. The van der Waals surface area contributed by atoms with Gasteiger partial charge in [0.25, 0.3) is 0 Å². The molecule has 11 rings (SSSR count). The van der Waals surface area contributed by atoms with Gasteiger partial charge in [-0.3, -0.25) is 34.0 Å². The zero-order chi connectivity index (χ0) is 65.2. The van der Waals surface area contributed by atoms with Crippen LogP contribution in [0.15, 0.2) is 194 Å². The SMILES string of the molecule is O=C(NCCCCc1ccccc1)[C@H]1CN(C[C@@H](O)COc2cccc3ncccc23)CC[C@H]1C(=O)NCCCCc1ccccc1.O=C(NCCCCc1ccccc1)[C@H]1CNCC[C@H]1C(=O)NCCCCc1ccccc1.c1cc(OCC2CO2)c2cccnc2c1. The highest BCUT2D eigenvalue weighted by atomic mass is 16.6. The van der Waals surface area contributed by atoms with E-state index in [1.807, 2.05) is 109 Å². The number of rotatable bonds is 32. The van der Waals surface area contributed by atoms with E-state index in [9.17, 15) is 24.3 Å². The number of β-amino-alcohol motifs (C(OH)–C–C–N with tert-alkyl or cyclic N) is 1. The maximum Gasteiger partial charge on any atom is 0.225 e. The number of amides is 4. The molecule has 496 valence electrons. The molecule has 94 heavy (non-hydrogen) atoms. The second kappa shape index (κ2) is 39.2. The molecule has 16 heteroatoms. The minimum absolute atomic E-state index is 0.00105. The second-order valence-corrected chi connectivity index (χ2v) is 24.8. The normalized spacial score (nSPS) is 17.8. The number of aliphatic hydroxyl groups is 1. The standard InChI is InChI=1S/C39H48N4O4.C27H37N3O2.C12H11NO2/c44-32(29-47-37-21-11-20-36-34(37)19-12-25-40-36)27-43-26-22-33(38(45)41-23-9-7-17-30-13-3-1-4-14-30)35(28-43)39(46)42-24-10-8-18-31-15-5-2-6-16-31;31-26(29-18-9-7-15-22-11-3-1-4-12-22)24-17-20-28-21-25(24)27(32)30-19-10-8-16-23-13-5-2-6-14-23;1-4-11-10(3-2-6-13-11)12(5-1)15-8-9-7-14-9/h1-6,11-16,19-21,25,32-33,35,44H,7-10,17-18,22-24,26-29H2,(H,41,45)(H,42,46);1-6,11-14,24-25,28H,7-10,15-21H2,(H,29,31)(H,30,32);1-6,9H,7-8H2/t32-,33-,35+;24-,25+;/m11./s1. The first-order valence-corrected chi connectivity index (χ1v) is 34.2. The molecular formula is C78H96N8O8. The highest BCUT2D eigenvalue weighted by molar-refractivity contribution is 5.89. The van der Waals surface area contributed by atoms with Gasteiger partial charge in [-0.25, -0.2) is 0 Å². The van der Waals surface area contributed by atoms with Gasteiger partial charge in [0.05, 0.1) is 41.3 Å². The topological polar surface area (TPSA) is 209 Å². The van der Waals surface area contributed by atoms with Gasteiger partial charge in [0.1, 0.15) is 36.9 Å². The zero-order valence-corrected chi connectivity index (χ0v) is 54.5. The number of benzene rings is 6. The number of hydrogen-bond donors (Lipinski definition) is 6. The Hall–Kier alpha value is -8.54. The van der Waals surface area contributed by atoms with E-state index >= 15 is 0 Å². The number of unbranched alkanes of at least 4 members (excludes halogenated alkanes) is 4. The van der Waals surface area contributed by atoms with Gasteiger partial charge < -0.3 is 45.9 Å². The van der Waals surface area contributed by atoms with Gasteiger partial charge in [-0.15, -0.1) is 0 Å². The molecule has 3 aliphatic rings. The minimum atomic E-state index is -0.751. The van der Waals surface area contributed by atoms with E-state index in [0.717, 1.165) is 118 Å². The van der Waals surface area contributed by atoms with E-state index in [2.05, 4.69) is 114 Å². The number of aryl methyl sites for hydroxylation is 4.